The van der Waals surface area contributed by atoms with E-state index in [1.165, 1.54) is 0 Å². The molecule has 0 saturated carbocycles. The molecule has 0 aliphatic heterocycles. The second-order valence-electron chi connectivity index (χ2n) is 7.67. The monoisotopic (exact) mass is 443 g/mol. The number of hydrogen-bond acceptors (Lipinski definition) is 4. The third-order valence-corrected chi connectivity index (χ3v) is 5.57. The predicted octanol–water partition coefficient (Wildman–Crippen LogP) is 3.79. The van der Waals surface area contributed by atoms with Crippen LogP contribution >= 0.6 is 0 Å². The number of carbonyl (C=O) groups is 2. The Kier molecular flexibility index (Phi) is 6.71. The van der Waals surface area contributed by atoms with Crippen molar-refractivity contribution in [3.63, 3.8) is 0 Å². The van der Waals surface area contributed by atoms with Crippen molar-refractivity contribution in [2.75, 3.05) is 13.7 Å². The van der Waals surface area contributed by atoms with E-state index in [2.05, 4.69) is 28.2 Å². The summed E-state index contributed by atoms with van der Waals surface area (Å²) in [5, 5.41) is 12.9. The maximum absolute atomic E-state index is 12.4. The van der Waals surface area contributed by atoms with Crippen molar-refractivity contribution in [2.45, 2.75) is 13.0 Å². The minimum Gasteiger partial charge on any atom is -0.497 e. The molecule has 4 aromatic rings. The number of rotatable bonds is 8. The summed E-state index contributed by atoms with van der Waals surface area (Å²) in [6.07, 6.45) is 2.81. The van der Waals surface area contributed by atoms with Crippen LogP contribution in [0.4, 0.5) is 0 Å². The van der Waals surface area contributed by atoms with Crippen LogP contribution in [0.5, 0.6) is 5.75 Å². The number of nitrogens with one attached hydrogen (secondary N) is 2. The lowest BCUT2D eigenvalue weighted by Crippen LogP contribution is -2.25. The normalized spacial score (nSPS) is 10.7. The van der Waals surface area contributed by atoms with E-state index in [0.29, 0.717) is 36.4 Å². The van der Waals surface area contributed by atoms with Crippen LogP contribution in [0.3, 0.4) is 0 Å². The first kappa shape index (κ1) is 22.1. The number of methoxy groups -OCH3 is 1. The first-order valence-electron chi connectivity index (χ1n) is 10.6. The molecule has 3 aromatic carbocycles. The summed E-state index contributed by atoms with van der Waals surface area (Å²) in [6.45, 7) is 1.16. The molecule has 33 heavy (non-hydrogen) atoms. The summed E-state index contributed by atoms with van der Waals surface area (Å²) in [5.41, 5.74) is 5.92. The Balaban J connectivity index is 1.45. The molecule has 0 radical (unpaired) electrons. The molecular formula is C26H25N3O4. The molecule has 0 fully saturated rings. The lowest BCUT2D eigenvalue weighted by molar-refractivity contribution is 0.0706. The zero-order chi connectivity index (χ0) is 23.2. The number of para-hydroxylation sites is 1. The van der Waals surface area contributed by atoms with Crippen LogP contribution < -0.4 is 15.5 Å². The molecule has 0 aliphatic rings. The van der Waals surface area contributed by atoms with Gasteiger partial charge in [0.05, 0.1) is 7.11 Å². The summed E-state index contributed by atoms with van der Waals surface area (Å²) >= 11 is 0. The van der Waals surface area contributed by atoms with E-state index in [0.717, 1.165) is 22.0 Å². The number of hydroxylamine groups is 1. The third kappa shape index (κ3) is 5.05. The number of benzene rings is 3. The molecule has 0 aliphatic carbocycles. The molecule has 7 nitrogen and oxygen atoms in total. The van der Waals surface area contributed by atoms with Crippen LogP contribution in [-0.2, 0) is 13.0 Å². The number of carbonyl (C=O) groups excluding carboxylic acids is 2. The maximum atomic E-state index is 12.4. The second kappa shape index (κ2) is 10.0. The predicted molar refractivity (Wildman–Crippen MR) is 126 cm³/mol. The summed E-state index contributed by atoms with van der Waals surface area (Å²) in [4.78, 5) is 24.0. The van der Waals surface area contributed by atoms with Gasteiger partial charge in [-0.05, 0) is 60.0 Å². The fourth-order valence-corrected chi connectivity index (χ4v) is 3.83. The molecule has 4 rings (SSSR count). The summed E-state index contributed by atoms with van der Waals surface area (Å²) in [7, 11) is 1.59. The first-order valence-corrected chi connectivity index (χ1v) is 10.6. The highest BCUT2D eigenvalue weighted by molar-refractivity contribution is 5.94. The maximum Gasteiger partial charge on any atom is 0.274 e. The Hall–Kier alpha value is -4.10. The molecule has 168 valence electrons. The molecular weight excluding hydrogens is 418 g/mol. The van der Waals surface area contributed by atoms with Gasteiger partial charge in [-0.15, -0.1) is 0 Å². The first-order chi connectivity index (χ1) is 16.1. The highest BCUT2D eigenvalue weighted by Gasteiger charge is 2.11. The minimum atomic E-state index is -0.535. The molecule has 0 spiro atoms. The highest BCUT2D eigenvalue weighted by Crippen LogP contribution is 2.23. The summed E-state index contributed by atoms with van der Waals surface area (Å²) < 4.78 is 7.30. The molecule has 2 amide bonds. The lowest BCUT2D eigenvalue weighted by atomic mass is 10.1. The average Bonchev–Trinajstić information content (AvgIpc) is 3.21. The van der Waals surface area contributed by atoms with Gasteiger partial charge in [0.2, 0.25) is 0 Å². The Morgan fingerprint density at radius 1 is 0.909 bits per heavy atom. The molecule has 0 saturated heterocycles. The summed E-state index contributed by atoms with van der Waals surface area (Å²) in [5.74, 6) is 0.0611. The molecule has 1 aromatic heterocycles. The van der Waals surface area contributed by atoms with Crippen molar-refractivity contribution in [3.05, 3.63) is 101 Å². The van der Waals surface area contributed by atoms with Crippen LogP contribution in [-0.4, -0.2) is 35.2 Å². The van der Waals surface area contributed by atoms with Crippen LogP contribution in [0.1, 0.15) is 31.8 Å². The number of fused-ring (bicyclic) bond motifs is 1. The standard InChI is InChI=1S/C26H25N3O4/c1-33-22-12-10-19(11-13-22)25(30)27-15-14-21-17-29(24-5-3-2-4-23(21)24)16-18-6-8-20(9-7-18)26(31)28-32/h2-13,17,32H,14-16H2,1H3,(H,27,30)(H,28,31). The number of ether oxygens (including phenoxy) is 1. The number of aromatic nitrogens is 1. The second-order valence-corrected chi connectivity index (χ2v) is 7.67. The Morgan fingerprint density at radius 2 is 1.58 bits per heavy atom. The van der Waals surface area contributed by atoms with Gasteiger partial charge < -0.3 is 14.6 Å². The fraction of sp³-hybridized carbons (Fsp3) is 0.154. The van der Waals surface area contributed by atoms with Gasteiger partial charge in [0, 0.05) is 41.3 Å². The number of hydrogen-bond donors (Lipinski definition) is 3. The van der Waals surface area contributed by atoms with E-state index in [1.807, 2.05) is 24.3 Å². The number of nitrogens with zero attached hydrogens (tertiary/aromatic N) is 1. The van der Waals surface area contributed by atoms with Crippen LogP contribution in [0, 0.1) is 0 Å². The van der Waals surface area contributed by atoms with Crippen molar-refractivity contribution in [1.29, 1.82) is 0 Å². The van der Waals surface area contributed by atoms with Gasteiger partial charge in [0.25, 0.3) is 11.8 Å². The molecule has 7 heteroatoms. The van der Waals surface area contributed by atoms with Gasteiger partial charge in [-0.1, -0.05) is 30.3 Å². The van der Waals surface area contributed by atoms with E-state index in [4.69, 9.17) is 9.94 Å². The SMILES string of the molecule is COc1ccc(C(=O)NCCc2cn(Cc3ccc(C(=O)NO)cc3)c3ccccc23)cc1. The van der Waals surface area contributed by atoms with Crippen LogP contribution in [0.25, 0.3) is 10.9 Å². The van der Waals surface area contributed by atoms with Crippen LogP contribution in [0.2, 0.25) is 0 Å². The smallest absolute Gasteiger partial charge is 0.274 e. The van der Waals surface area contributed by atoms with E-state index in [9.17, 15) is 9.59 Å². The van der Waals surface area contributed by atoms with Crippen molar-refractivity contribution >= 4 is 22.7 Å². The van der Waals surface area contributed by atoms with Gasteiger partial charge in [-0.3, -0.25) is 14.8 Å². The Bertz CT molecular complexity index is 1260. The van der Waals surface area contributed by atoms with E-state index in [1.54, 1.807) is 49.0 Å². The molecule has 0 atom stereocenters. The van der Waals surface area contributed by atoms with Gasteiger partial charge >= 0.3 is 0 Å². The summed E-state index contributed by atoms with van der Waals surface area (Å²) in [6, 6.07) is 22.3. The largest absolute Gasteiger partial charge is 0.497 e. The van der Waals surface area contributed by atoms with E-state index >= 15 is 0 Å². The molecule has 3 N–H and O–H groups in total. The van der Waals surface area contributed by atoms with Crippen LogP contribution in [0.15, 0.2) is 79.0 Å². The van der Waals surface area contributed by atoms with Gasteiger partial charge in [0.15, 0.2) is 0 Å². The van der Waals surface area contributed by atoms with Crippen molar-refractivity contribution < 1.29 is 19.5 Å². The average molecular weight is 444 g/mol. The van der Waals surface area contributed by atoms with Crippen molar-refractivity contribution in [3.8, 4) is 5.75 Å². The van der Waals surface area contributed by atoms with Gasteiger partial charge in [-0.2, -0.15) is 0 Å². The van der Waals surface area contributed by atoms with E-state index in [-0.39, 0.29) is 5.91 Å². The zero-order valence-corrected chi connectivity index (χ0v) is 18.2. The Morgan fingerprint density at radius 3 is 2.27 bits per heavy atom. The topological polar surface area (TPSA) is 92.6 Å². The zero-order valence-electron chi connectivity index (χ0n) is 18.2. The highest BCUT2D eigenvalue weighted by atomic mass is 16.5. The Labute approximate surface area is 191 Å². The minimum absolute atomic E-state index is 0.117. The number of amides is 2. The van der Waals surface area contributed by atoms with E-state index < -0.39 is 5.91 Å². The lowest BCUT2D eigenvalue weighted by Gasteiger charge is -2.07. The quantitative estimate of drug-likeness (QED) is 0.285. The molecule has 1 heterocycles. The van der Waals surface area contributed by atoms with Gasteiger partial charge in [0.1, 0.15) is 5.75 Å². The van der Waals surface area contributed by atoms with Gasteiger partial charge in [-0.25, -0.2) is 5.48 Å². The molecule has 0 bridgehead atoms. The molecule has 0 unspecified atom stereocenters. The third-order valence-electron chi connectivity index (χ3n) is 5.57. The van der Waals surface area contributed by atoms with Crippen molar-refractivity contribution in [1.82, 2.24) is 15.4 Å². The fourth-order valence-electron chi connectivity index (χ4n) is 3.83. The van der Waals surface area contributed by atoms with Crippen molar-refractivity contribution in [2.24, 2.45) is 0 Å².